The molecule has 0 bridgehead atoms. The standard InChI is InChI=1S/C23H26N6O2S2/c1-23(2,3)11-25-6-7-29-21-19(20(24)26-12-27-21)28-22(29)33-18-10-16-15(30-13-31-16)9-14(18)17-5-4-8-32-17/h4-5,8-10,12,25H,6-7,11,13H2,1-3H3,(H2,24,26,27). The van der Waals surface area contributed by atoms with Gasteiger partial charge in [-0.3, -0.25) is 0 Å². The fraction of sp³-hybridized carbons (Fsp3) is 0.348. The summed E-state index contributed by atoms with van der Waals surface area (Å²) in [5.41, 5.74) is 8.79. The molecule has 0 unspecified atom stereocenters. The van der Waals surface area contributed by atoms with Gasteiger partial charge in [-0.25, -0.2) is 15.0 Å². The lowest BCUT2D eigenvalue weighted by Crippen LogP contribution is -2.29. The van der Waals surface area contributed by atoms with E-state index in [1.165, 1.54) is 6.33 Å². The number of nitrogens with two attached hydrogens (primary N) is 1. The van der Waals surface area contributed by atoms with E-state index in [4.69, 9.17) is 20.2 Å². The largest absolute Gasteiger partial charge is 0.454 e. The van der Waals surface area contributed by atoms with Gasteiger partial charge in [0.2, 0.25) is 6.79 Å². The molecule has 1 aliphatic rings. The van der Waals surface area contributed by atoms with Crippen molar-refractivity contribution in [1.82, 2.24) is 24.8 Å². The fourth-order valence-electron chi connectivity index (χ4n) is 3.60. The van der Waals surface area contributed by atoms with E-state index in [0.29, 0.717) is 17.9 Å². The van der Waals surface area contributed by atoms with Crippen LogP contribution in [0.1, 0.15) is 20.8 Å². The van der Waals surface area contributed by atoms with Crippen LogP contribution in [0.15, 0.2) is 46.0 Å². The predicted octanol–water partition coefficient (Wildman–Crippen LogP) is 4.65. The van der Waals surface area contributed by atoms with Crippen LogP contribution >= 0.6 is 23.1 Å². The number of thiophene rings is 1. The second kappa shape index (κ2) is 8.85. The maximum absolute atomic E-state index is 6.14. The molecule has 1 aromatic carbocycles. The minimum absolute atomic E-state index is 0.212. The van der Waals surface area contributed by atoms with Crippen LogP contribution in [0.2, 0.25) is 0 Å². The maximum atomic E-state index is 6.14. The van der Waals surface area contributed by atoms with Crippen molar-refractivity contribution < 1.29 is 9.47 Å². The van der Waals surface area contributed by atoms with Gasteiger partial charge in [-0.15, -0.1) is 11.3 Å². The smallest absolute Gasteiger partial charge is 0.231 e. The Morgan fingerprint density at radius 1 is 1.21 bits per heavy atom. The monoisotopic (exact) mass is 482 g/mol. The van der Waals surface area contributed by atoms with Gasteiger partial charge in [-0.1, -0.05) is 38.6 Å². The number of ether oxygens (including phenoxy) is 2. The zero-order valence-corrected chi connectivity index (χ0v) is 20.4. The van der Waals surface area contributed by atoms with E-state index in [1.54, 1.807) is 23.1 Å². The first-order valence-corrected chi connectivity index (χ1v) is 12.4. The summed E-state index contributed by atoms with van der Waals surface area (Å²) >= 11 is 3.26. The number of imidazole rings is 1. The van der Waals surface area contributed by atoms with Gasteiger partial charge in [0.25, 0.3) is 0 Å². The molecule has 33 heavy (non-hydrogen) atoms. The number of hydrogen-bond donors (Lipinski definition) is 2. The zero-order chi connectivity index (χ0) is 23.0. The Hall–Kier alpha value is -2.82. The number of benzene rings is 1. The van der Waals surface area contributed by atoms with Crippen LogP contribution in [0.25, 0.3) is 21.6 Å². The maximum Gasteiger partial charge on any atom is 0.231 e. The molecule has 5 rings (SSSR count). The molecule has 0 radical (unpaired) electrons. The third kappa shape index (κ3) is 4.64. The predicted molar refractivity (Wildman–Crippen MR) is 132 cm³/mol. The first-order chi connectivity index (χ1) is 15.9. The van der Waals surface area contributed by atoms with E-state index >= 15 is 0 Å². The van der Waals surface area contributed by atoms with Crippen molar-refractivity contribution in [3.8, 4) is 21.9 Å². The Morgan fingerprint density at radius 2 is 2.03 bits per heavy atom. The number of aromatic nitrogens is 4. The van der Waals surface area contributed by atoms with E-state index in [-0.39, 0.29) is 12.2 Å². The molecule has 0 fully saturated rings. The molecule has 4 aromatic rings. The van der Waals surface area contributed by atoms with Crippen LogP contribution in [-0.4, -0.2) is 39.4 Å². The summed E-state index contributed by atoms with van der Waals surface area (Å²) in [6.45, 7) is 9.30. The highest BCUT2D eigenvalue weighted by atomic mass is 32.2. The second-order valence-electron chi connectivity index (χ2n) is 9.00. The molecule has 3 N–H and O–H groups in total. The number of hydrogen-bond acceptors (Lipinski definition) is 9. The van der Waals surface area contributed by atoms with E-state index in [9.17, 15) is 0 Å². The topological polar surface area (TPSA) is 100 Å². The first kappa shape index (κ1) is 22.0. The number of rotatable bonds is 7. The SMILES string of the molecule is CC(C)(C)CNCCn1c(Sc2cc3c(cc2-c2cccs2)OCO3)nc2c(N)ncnc21. The lowest BCUT2D eigenvalue weighted by Gasteiger charge is -2.19. The second-order valence-corrected chi connectivity index (χ2v) is 11.0. The lowest BCUT2D eigenvalue weighted by atomic mass is 9.97. The quantitative estimate of drug-likeness (QED) is 0.367. The summed E-state index contributed by atoms with van der Waals surface area (Å²) in [5, 5.41) is 6.42. The molecule has 172 valence electrons. The Balaban J connectivity index is 1.52. The van der Waals surface area contributed by atoms with Crippen molar-refractivity contribution in [1.29, 1.82) is 0 Å². The Morgan fingerprint density at radius 3 is 2.79 bits per heavy atom. The first-order valence-electron chi connectivity index (χ1n) is 10.7. The van der Waals surface area contributed by atoms with Crippen molar-refractivity contribution in [3.63, 3.8) is 0 Å². The van der Waals surface area contributed by atoms with E-state index in [1.807, 2.05) is 18.2 Å². The molecular formula is C23H26N6O2S2. The van der Waals surface area contributed by atoms with Crippen molar-refractivity contribution in [2.75, 3.05) is 25.6 Å². The summed E-state index contributed by atoms with van der Waals surface area (Å²) in [7, 11) is 0. The highest BCUT2D eigenvalue weighted by Crippen LogP contribution is 2.45. The average Bonchev–Trinajstić information content (AvgIpc) is 3.51. The summed E-state index contributed by atoms with van der Waals surface area (Å²) in [6.07, 6.45) is 1.49. The van der Waals surface area contributed by atoms with Crippen LogP contribution in [0.5, 0.6) is 11.5 Å². The highest BCUT2D eigenvalue weighted by Gasteiger charge is 2.22. The number of nitrogens with zero attached hydrogens (tertiary/aromatic N) is 4. The van der Waals surface area contributed by atoms with Crippen molar-refractivity contribution >= 4 is 40.1 Å². The van der Waals surface area contributed by atoms with Gasteiger partial charge in [0, 0.05) is 35.0 Å². The van der Waals surface area contributed by atoms with E-state index in [2.05, 4.69) is 52.1 Å². The molecule has 0 aliphatic carbocycles. The molecule has 0 amide bonds. The number of nitrogens with one attached hydrogen (secondary N) is 1. The molecule has 3 aromatic heterocycles. The number of nitrogen functional groups attached to an aromatic ring is 1. The summed E-state index contributed by atoms with van der Waals surface area (Å²) < 4.78 is 13.4. The molecule has 8 nitrogen and oxygen atoms in total. The van der Waals surface area contributed by atoms with E-state index < -0.39 is 0 Å². The Labute approximate surface area is 200 Å². The van der Waals surface area contributed by atoms with Crippen molar-refractivity contribution in [2.45, 2.75) is 37.4 Å². The van der Waals surface area contributed by atoms with Gasteiger partial charge in [0.15, 0.2) is 33.6 Å². The van der Waals surface area contributed by atoms with Gasteiger partial charge in [-0.2, -0.15) is 0 Å². The normalized spacial score (nSPS) is 13.2. The van der Waals surface area contributed by atoms with Gasteiger partial charge in [0.1, 0.15) is 6.33 Å². The van der Waals surface area contributed by atoms with Gasteiger partial charge >= 0.3 is 0 Å². The summed E-state index contributed by atoms with van der Waals surface area (Å²) in [6, 6.07) is 8.22. The third-order valence-corrected chi connectivity index (χ3v) is 7.11. The van der Waals surface area contributed by atoms with Crippen LogP contribution in [0, 0.1) is 5.41 Å². The lowest BCUT2D eigenvalue weighted by molar-refractivity contribution is 0.174. The fourth-order valence-corrected chi connectivity index (χ4v) is 5.49. The van der Waals surface area contributed by atoms with Crippen LogP contribution in [0.3, 0.4) is 0 Å². The van der Waals surface area contributed by atoms with Crippen LogP contribution in [0.4, 0.5) is 5.82 Å². The van der Waals surface area contributed by atoms with Gasteiger partial charge < -0.3 is 25.1 Å². The summed E-state index contributed by atoms with van der Waals surface area (Å²) in [5.74, 6) is 1.89. The van der Waals surface area contributed by atoms with Crippen LogP contribution < -0.4 is 20.5 Å². The highest BCUT2D eigenvalue weighted by molar-refractivity contribution is 7.99. The van der Waals surface area contributed by atoms with E-state index in [0.717, 1.165) is 50.7 Å². The number of fused-ring (bicyclic) bond motifs is 2. The molecule has 0 saturated carbocycles. The Kier molecular flexibility index (Phi) is 5.90. The molecule has 4 heterocycles. The summed E-state index contributed by atoms with van der Waals surface area (Å²) in [4.78, 5) is 15.6. The van der Waals surface area contributed by atoms with Gasteiger partial charge in [0.05, 0.1) is 0 Å². The third-order valence-electron chi connectivity index (χ3n) is 5.16. The van der Waals surface area contributed by atoms with Crippen molar-refractivity contribution in [2.24, 2.45) is 5.41 Å². The Bertz CT molecular complexity index is 1280. The molecule has 1 aliphatic heterocycles. The molecule has 0 spiro atoms. The zero-order valence-electron chi connectivity index (χ0n) is 18.8. The molecule has 0 atom stereocenters. The average molecular weight is 483 g/mol. The van der Waals surface area contributed by atoms with Gasteiger partial charge in [-0.05, 0) is 29.0 Å². The minimum Gasteiger partial charge on any atom is -0.454 e. The minimum atomic E-state index is 0.212. The molecule has 0 saturated heterocycles. The molecule has 10 heteroatoms. The molecular weight excluding hydrogens is 456 g/mol. The van der Waals surface area contributed by atoms with Crippen molar-refractivity contribution in [3.05, 3.63) is 36.0 Å². The number of anilines is 1. The van der Waals surface area contributed by atoms with Crippen LogP contribution in [-0.2, 0) is 6.54 Å².